The van der Waals surface area contributed by atoms with Crippen LogP contribution < -0.4 is 0 Å². The average molecular weight is 280 g/mol. The fourth-order valence-corrected chi connectivity index (χ4v) is 2.60. The molecule has 0 saturated heterocycles. The van der Waals surface area contributed by atoms with Crippen LogP contribution in [0, 0.1) is 0 Å². The van der Waals surface area contributed by atoms with Crippen molar-refractivity contribution in [2.24, 2.45) is 0 Å². The van der Waals surface area contributed by atoms with Crippen LogP contribution in [0.15, 0.2) is 42.5 Å². The van der Waals surface area contributed by atoms with Crippen molar-refractivity contribution in [3.05, 3.63) is 70.3 Å². The van der Waals surface area contributed by atoms with Gasteiger partial charge in [-0.2, -0.15) is 0 Å². The van der Waals surface area contributed by atoms with Crippen molar-refractivity contribution in [1.82, 2.24) is 0 Å². The lowest BCUT2D eigenvalue weighted by atomic mass is 9.86. The number of carbonyl (C=O) groups is 1. The van der Waals surface area contributed by atoms with Crippen LogP contribution in [-0.2, 0) is 23.4 Å². The summed E-state index contributed by atoms with van der Waals surface area (Å²) in [4.78, 5) is 12.6. The van der Waals surface area contributed by atoms with Crippen LogP contribution in [0.5, 0.6) is 0 Å². The second-order valence-electron chi connectivity index (χ2n) is 6.63. The molecule has 0 spiro atoms. The maximum atomic E-state index is 12.6. The lowest BCUT2D eigenvalue weighted by Crippen LogP contribution is -2.11. The highest BCUT2D eigenvalue weighted by Crippen LogP contribution is 2.25. The first-order chi connectivity index (χ1) is 9.95. The summed E-state index contributed by atoms with van der Waals surface area (Å²) >= 11 is 0. The van der Waals surface area contributed by atoms with Gasteiger partial charge < -0.3 is 4.74 Å². The largest absolute Gasteiger partial charge is 0.372 e. The molecule has 21 heavy (non-hydrogen) atoms. The van der Waals surface area contributed by atoms with Crippen molar-refractivity contribution in [3.8, 4) is 0 Å². The average Bonchev–Trinajstić information content (AvgIpc) is 2.93. The van der Waals surface area contributed by atoms with E-state index in [9.17, 15) is 4.79 Å². The molecule has 2 aromatic carbocycles. The molecule has 2 nitrogen and oxygen atoms in total. The molecule has 0 N–H and O–H groups in total. The Bertz CT molecular complexity index is 676. The first-order valence-electron chi connectivity index (χ1n) is 7.30. The third-order valence-electron chi connectivity index (χ3n) is 4.00. The van der Waals surface area contributed by atoms with Crippen molar-refractivity contribution in [2.75, 3.05) is 0 Å². The van der Waals surface area contributed by atoms with Gasteiger partial charge in [0, 0.05) is 11.1 Å². The maximum absolute atomic E-state index is 12.6. The van der Waals surface area contributed by atoms with Crippen LogP contribution in [0.1, 0.15) is 53.4 Å². The fraction of sp³-hybridized carbons (Fsp3) is 0.316. The minimum atomic E-state index is 0.0742. The molecule has 0 atom stereocenters. The van der Waals surface area contributed by atoms with Crippen molar-refractivity contribution >= 4 is 5.78 Å². The molecule has 0 fully saturated rings. The molecule has 1 heterocycles. The Morgan fingerprint density at radius 1 is 0.905 bits per heavy atom. The Balaban J connectivity index is 1.88. The molecule has 0 aliphatic carbocycles. The van der Waals surface area contributed by atoms with Gasteiger partial charge in [0.05, 0.1) is 13.2 Å². The van der Waals surface area contributed by atoms with Gasteiger partial charge in [-0.3, -0.25) is 4.79 Å². The zero-order valence-electron chi connectivity index (χ0n) is 12.8. The number of ketones is 1. The summed E-state index contributed by atoms with van der Waals surface area (Å²) < 4.78 is 5.40. The summed E-state index contributed by atoms with van der Waals surface area (Å²) in [5.74, 6) is 0.0742. The van der Waals surface area contributed by atoms with Crippen molar-refractivity contribution < 1.29 is 9.53 Å². The van der Waals surface area contributed by atoms with Gasteiger partial charge in [0.2, 0.25) is 0 Å². The zero-order chi connectivity index (χ0) is 15.0. The molecule has 0 aromatic heterocycles. The quantitative estimate of drug-likeness (QED) is 0.769. The molecule has 3 rings (SSSR count). The van der Waals surface area contributed by atoms with Crippen molar-refractivity contribution in [2.45, 2.75) is 39.4 Å². The van der Waals surface area contributed by atoms with Gasteiger partial charge in [0.15, 0.2) is 5.78 Å². The molecule has 0 unspecified atom stereocenters. The van der Waals surface area contributed by atoms with E-state index in [0.29, 0.717) is 13.2 Å². The fourth-order valence-electron chi connectivity index (χ4n) is 2.60. The normalized spacial score (nSPS) is 14.0. The first kappa shape index (κ1) is 14.0. The van der Waals surface area contributed by atoms with Gasteiger partial charge in [-0.05, 0) is 28.2 Å². The Labute approximate surface area is 125 Å². The number of hydrogen-bond donors (Lipinski definition) is 0. The number of carbonyl (C=O) groups excluding carboxylic acids is 1. The van der Waals surface area contributed by atoms with E-state index >= 15 is 0 Å². The summed E-state index contributed by atoms with van der Waals surface area (Å²) in [5.41, 5.74) is 5.14. The van der Waals surface area contributed by atoms with Crippen molar-refractivity contribution in [1.29, 1.82) is 0 Å². The number of rotatable bonds is 2. The van der Waals surface area contributed by atoms with Gasteiger partial charge >= 0.3 is 0 Å². The van der Waals surface area contributed by atoms with Gasteiger partial charge in [-0.15, -0.1) is 0 Å². The lowest BCUT2D eigenvalue weighted by Gasteiger charge is -2.19. The molecule has 2 heteroatoms. The minimum Gasteiger partial charge on any atom is -0.372 e. The molecule has 108 valence electrons. The summed E-state index contributed by atoms with van der Waals surface area (Å²) in [6, 6.07) is 13.8. The van der Waals surface area contributed by atoms with E-state index in [2.05, 4.69) is 20.8 Å². The summed E-state index contributed by atoms with van der Waals surface area (Å²) in [6.07, 6.45) is 0. The van der Waals surface area contributed by atoms with E-state index in [1.807, 2.05) is 42.5 Å². The number of hydrogen-bond acceptors (Lipinski definition) is 2. The standard InChI is InChI=1S/C19H20O2/c1-19(2,3)17-8-6-13(7-9-17)18(20)14-4-5-15-11-21-12-16(15)10-14/h4-10H,11-12H2,1-3H3. The van der Waals surface area contributed by atoms with E-state index < -0.39 is 0 Å². The van der Waals surface area contributed by atoms with E-state index in [4.69, 9.17) is 4.74 Å². The maximum Gasteiger partial charge on any atom is 0.193 e. The Kier molecular flexibility index (Phi) is 3.42. The number of ether oxygens (including phenoxy) is 1. The smallest absolute Gasteiger partial charge is 0.193 e. The molecule has 0 radical (unpaired) electrons. The second-order valence-corrected chi connectivity index (χ2v) is 6.63. The molecule has 1 aliphatic heterocycles. The monoisotopic (exact) mass is 280 g/mol. The van der Waals surface area contributed by atoms with Crippen LogP contribution >= 0.6 is 0 Å². The number of benzene rings is 2. The predicted octanol–water partition coefficient (Wildman–Crippen LogP) is 4.25. The third kappa shape index (κ3) is 2.77. The first-order valence-corrected chi connectivity index (χ1v) is 7.30. The molecule has 2 aromatic rings. The zero-order valence-corrected chi connectivity index (χ0v) is 12.8. The van der Waals surface area contributed by atoms with Gasteiger partial charge in [-0.1, -0.05) is 57.2 Å². The molecular formula is C19H20O2. The Morgan fingerprint density at radius 2 is 1.52 bits per heavy atom. The summed E-state index contributed by atoms with van der Waals surface area (Å²) in [7, 11) is 0. The van der Waals surface area contributed by atoms with Crippen molar-refractivity contribution in [3.63, 3.8) is 0 Å². The third-order valence-corrected chi connectivity index (χ3v) is 4.00. The predicted molar refractivity (Wildman–Crippen MR) is 83.5 cm³/mol. The SMILES string of the molecule is CC(C)(C)c1ccc(C(=O)c2ccc3c(c2)COC3)cc1. The highest BCUT2D eigenvalue weighted by atomic mass is 16.5. The summed E-state index contributed by atoms with van der Waals surface area (Å²) in [5, 5.41) is 0. The van der Waals surface area contributed by atoms with Gasteiger partial charge in [0.1, 0.15) is 0 Å². The van der Waals surface area contributed by atoms with Gasteiger partial charge in [0.25, 0.3) is 0 Å². The second kappa shape index (κ2) is 5.12. The van der Waals surface area contributed by atoms with Crippen LogP contribution in [0.25, 0.3) is 0 Å². The Hall–Kier alpha value is -1.93. The van der Waals surface area contributed by atoms with Crippen LogP contribution in [0.4, 0.5) is 0 Å². The van der Waals surface area contributed by atoms with Crippen LogP contribution in [0.2, 0.25) is 0 Å². The van der Waals surface area contributed by atoms with E-state index in [1.165, 1.54) is 11.1 Å². The van der Waals surface area contributed by atoms with E-state index in [-0.39, 0.29) is 11.2 Å². The molecule has 0 saturated carbocycles. The highest BCUT2D eigenvalue weighted by molar-refractivity contribution is 6.09. The topological polar surface area (TPSA) is 26.3 Å². The highest BCUT2D eigenvalue weighted by Gasteiger charge is 2.17. The molecule has 1 aliphatic rings. The van der Waals surface area contributed by atoms with Gasteiger partial charge in [-0.25, -0.2) is 0 Å². The van der Waals surface area contributed by atoms with Crippen LogP contribution in [0.3, 0.4) is 0 Å². The van der Waals surface area contributed by atoms with E-state index in [1.54, 1.807) is 0 Å². The number of fused-ring (bicyclic) bond motifs is 1. The van der Waals surface area contributed by atoms with Crippen LogP contribution in [-0.4, -0.2) is 5.78 Å². The summed E-state index contributed by atoms with van der Waals surface area (Å²) in [6.45, 7) is 7.78. The lowest BCUT2D eigenvalue weighted by molar-refractivity contribution is 0.103. The Morgan fingerprint density at radius 3 is 2.19 bits per heavy atom. The molecular weight excluding hydrogens is 260 g/mol. The molecule has 0 bridgehead atoms. The molecule has 0 amide bonds. The van der Waals surface area contributed by atoms with E-state index in [0.717, 1.165) is 16.7 Å². The minimum absolute atomic E-state index is 0.0742.